The molecule has 0 unspecified atom stereocenters. The molecule has 0 aromatic heterocycles. The van der Waals surface area contributed by atoms with Crippen LogP contribution >= 0.6 is 15.9 Å². The Labute approximate surface area is 126 Å². The van der Waals surface area contributed by atoms with E-state index in [1.54, 1.807) is 0 Å². The van der Waals surface area contributed by atoms with Crippen molar-refractivity contribution >= 4 is 32.6 Å². The highest BCUT2D eigenvalue weighted by Gasteiger charge is 2.10. The lowest BCUT2D eigenvalue weighted by Crippen LogP contribution is -2.30. The molecule has 1 amide bonds. The van der Waals surface area contributed by atoms with Gasteiger partial charge in [-0.15, -0.1) is 0 Å². The minimum absolute atomic E-state index is 0.151. The van der Waals surface area contributed by atoms with Gasteiger partial charge in [-0.1, -0.05) is 15.9 Å². The normalized spacial score (nSPS) is 12.2. The van der Waals surface area contributed by atoms with Gasteiger partial charge in [0, 0.05) is 34.6 Å². The molecule has 106 valence electrons. The molecular weight excluding hydrogens is 326 g/mol. The van der Waals surface area contributed by atoms with E-state index in [2.05, 4.69) is 15.9 Å². The number of amides is 1. The molecule has 0 N–H and O–H groups in total. The topological polar surface area (TPSA) is 37.4 Å². The Kier molecular flexibility index (Phi) is 7.31. The minimum Gasteiger partial charge on any atom is -0.343 e. The summed E-state index contributed by atoms with van der Waals surface area (Å²) < 4.78 is 13.0. The fourth-order valence-corrected chi connectivity index (χ4v) is 3.14. The SMILES string of the molecule is CCN(CC)C(=O)CCC[S@@](=O)c1ccc(Br)cc1. The van der Waals surface area contributed by atoms with Gasteiger partial charge in [-0.3, -0.25) is 9.00 Å². The molecule has 1 aromatic rings. The molecule has 19 heavy (non-hydrogen) atoms. The van der Waals surface area contributed by atoms with Crippen LogP contribution in [0.15, 0.2) is 33.6 Å². The second kappa shape index (κ2) is 8.48. The van der Waals surface area contributed by atoms with Gasteiger partial charge in [0.15, 0.2) is 0 Å². The van der Waals surface area contributed by atoms with E-state index in [0.717, 1.165) is 22.5 Å². The molecule has 5 heteroatoms. The van der Waals surface area contributed by atoms with Gasteiger partial charge in [0.05, 0.1) is 10.8 Å². The predicted molar refractivity (Wildman–Crippen MR) is 82.6 cm³/mol. The zero-order chi connectivity index (χ0) is 14.3. The molecule has 0 fully saturated rings. The molecule has 0 saturated carbocycles. The summed E-state index contributed by atoms with van der Waals surface area (Å²) >= 11 is 3.35. The molecule has 0 aliphatic carbocycles. The van der Waals surface area contributed by atoms with E-state index in [1.807, 2.05) is 43.0 Å². The first-order chi connectivity index (χ1) is 9.08. The Morgan fingerprint density at radius 3 is 2.32 bits per heavy atom. The van der Waals surface area contributed by atoms with Crippen molar-refractivity contribution in [1.82, 2.24) is 4.90 Å². The summed E-state index contributed by atoms with van der Waals surface area (Å²) in [6, 6.07) is 7.47. The molecule has 1 atom stereocenters. The Morgan fingerprint density at radius 1 is 1.21 bits per heavy atom. The molecule has 3 nitrogen and oxygen atoms in total. The summed E-state index contributed by atoms with van der Waals surface area (Å²) in [5.41, 5.74) is 0. The number of carbonyl (C=O) groups is 1. The molecule has 0 bridgehead atoms. The summed E-state index contributed by atoms with van der Waals surface area (Å²) in [6.45, 7) is 5.43. The van der Waals surface area contributed by atoms with Crippen molar-refractivity contribution in [3.05, 3.63) is 28.7 Å². The number of carbonyl (C=O) groups excluding carboxylic acids is 1. The fourth-order valence-electron chi connectivity index (χ4n) is 1.79. The van der Waals surface area contributed by atoms with Crippen LogP contribution in [-0.4, -0.2) is 33.9 Å². The largest absolute Gasteiger partial charge is 0.343 e. The summed E-state index contributed by atoms with van der Waals surface area (Å²) in [6.07, 6.45) is 1.14. The predicted octanol–water partition coefficient (Wildman–Crippen LogP) is 3.21. The van der Waals surface area contributed by atoms with E-state index in [4.69, 9.17) is 0 Å². The Bertz CT molecular complexity index is 430. The molecule has 1 aromatic carbocycles. The van der Waals surface area contributed by atoms with Gasteiger partial charge in [-0.25, -0.2) is 0 Å². The monoisotopic (exact) mass is 345 g/mol. The van der Waals surface area contributed by atoms with Gasteiger partial charge in [0.1, 0.15) is 0 Å². The lowest BCUT2D eigenvalue weighted by atomic mass is 10.3. The maximum atomic E-state index is 12.0. The number of halogens is 1. The van der Waals surface area contributed by atoms with Gasteiger partial charge in [-0.05, 0) is 44.5 Å². The number of rotatable bonds is 7. The van der Waals surface area contributed by atoms with Gasteiger partial charge in [0.2, 0.25) is 5.91 Å². The van der Waals surface area contributed by atoms with E-state index in [9.17, 15) is 9.00 Å². The molecule has 0 radical (unpaired) electrons. The summed E-state index contributed by atoms with van der Waals surface area (Å²) in [7, 11) is -1.02. The van der Waals surface area contributed by atoms with Crippen LogP contribution < -0.4 is 0 Å². The van der Waals surface area contributed by atoms with Crippen LogP contribution in [0.4, 0.5) is 0 Å². The van der Waals surface area contributed by atoms with Gasteiger partial charge >= 0.3 is 0 Å². The highest BCUT2D eigenvalue weighted by atomic mass is 79.9. The summed E-state index contributed by atoms with van der Waals surface area (Å²) in [5.74, 6) is 0.687. The molecule has 0 aliphatic rings. The van der Waals surface area contributed by atoms with E-state index < -0.39 is 10.8 Å². The van der Waals surface area contributed by atoms with Crippen LogP contribution in [0.5, 0.6) is 0 Å². The van der Waals surface area contributed by atoms with Crippen molar-refractivity contribution in [3.63, 3.8) is 0 Å². The van der Waals surface area contributed by atoms with E-state index in [1.165, 1.54) is 0 Å². The molecule has 0 heterocycles. The summed E-state index contributed by atoms with van der Waals surface area (Å²) in [5, 5.41) is 0. The highest BCUT2D eigenvalue weighted by Crippen LogP contribution is 2.14. The molecule has 0 saturated heterocycles. The van der Waals surface area contributed by atoms with Crippen LogP contribution in [0.2, 0.25) is 0 Å². The van der Waals surface area contributed by atoms with Gasteiger partial charge in [-0.2, -0.15) is 0 Å². The first-order valence-corrected chi connectivity index (χ1v) is 8.61. The van der Waals surface area contributed by atoms with Crippen molar-refractivity contribution < 1.29 is 9.00 Å². The van der Waals surface area contributed by atoms with Gasteiger partial charge < -0.3 is 4.90 Å². The highest BCUT2D eigenvalue weighted by molar-refractivity contribution is 9.10. The second-order valence-electron chi connectivity index (χ2n) is 4.17. The minimum atomic E-state index is -1.02. The lowest BCUT2D eigenvalue weighted by Gasteiger charge is -2.18. The van der Waals surface area contributed by atoms with Crippen LogP contribution in [0.25, 0.3) is 0 Å². The van der Waals surface area contributed by atoms with Gasteiger partial charge in [0.25, 0.3) is 0 Å². The van der Waals surface area contributed by atoms with E-state index in [0.29, 0.717) is 18.6 Å². The smallest absolute Gasteiger partial charge is 0.222 e. The number of benzene rings is 1. The lowest BCUT2D eigenvalue weighted by molar-refractivity contribution is -0.130. The maximum Gasteiger partial charge on any atom is 0.222 e. The average molecular weight is 346 g/mol. The second-order valence-corrected chi connectivity index (χ2v) is 6.66. The molecule has 0 spiro atoms. The first kappa shape index (κ1) is 16.4. The standard InChI is InChI=1S/C14H20BrNO2S/c1-3-16(4-2)14(17)6-5-11-19(18)13-9-7-12(15)8-10-13/h7-10H,3-6,11H2,1-2H3/t19-/m1/s1. The average Bonchev–Trinajstić information content (AvgIpc) is 2.40. The number of nitrogens with zero attached hydrogens (tertiary/aromatic N) is 1. The Hall–Kier alpha value is -0.680. The van der Waals surface area contributed by atoms with Crippen LogP contribution in [-0.2, 0) is 15.6 Å². The number of hydrogen-bond acceptors (Lipinski definition) is 2. The van der Waals surface area contributed by atoms with Crippen LogP contribution in [0, 0.1) is 0 Å². The molecule has 1 rings (SSSR count). The third kappa shape index (κ3) is 5.45. The third-order valence-electron chi connectivity index (χ3n) is 2.91. The van der Waals surface area contributed by atoms with E-state index >= 15 is 0 Å². The van der Waals surface area contributed by atoms with Crippen molar-refractivity contribution in [2.24, 2.45) is 0 Å². The van der Waals surface area contributed by atoms with Crippen molar-refractivity contribution in [2.75, 3.05) is 18.8 Å². The first-order valence-electron chi connectivity index (χ1n) is 6.50. The Morgan fingerprint density at radius 2 is 1.79 bits per heavy atom. The maximum absolute atomic E-state index is 12.0. The third-order valence-corrected chi connectivity index (χ3v) is 4.90. The zero-order valence-electron chi connectivity index (χ0n) is 11.4. The van der Waals surface area contributed by atoms with Crippen molar-refractivity contribution in [2.45, 2.75) is 31.6 Å². The Balaban J connectivity index is 2.39. The molecular formula is C14H20BrNO2S. The van der Waals surface area contributed by atoms with E-state index in [-0.39, 0.29) is 5.91 Å². The fraction of sp³-hybridized carbons (Fsp3) is 0.500. The zero-order valence-corrected chi connectivity index (χ0v) is 13.8. The van der Waals surface area contributed by atoms with Crippen LogP contribution in [0.3, 0.4) is 0 Å². The summed E-state index contributed by atoms with van der Waals surface area (Å²) in [4.78, 5) is 14.4. The van der Waals surface area contributed by atoms with Crippen molar-refractivity contribution in [1.29, 1.82) is 0 Å². The van der Waals surface area contributed by atoms with Crippen molar-refractivity contribution in [3.8, 4) is 0 Å². The number of hydrogen-bond donors (Lipinski definition) is 0. The van der Waals surface area contributed by atoms with Crippen LogP contribution in [0.1, 0.15) is 26.7 Å². The quantitative estimate of drug-likeness (QED) is 0.760. The molecule has 0 aliphatic heterocycles.